The highest BCUT2D eigenvalue weighted by molar-refractivity contribution is 14.0. The van der Waals surface area contributed by atoms with E-state index < -0.39 is 0 Å². The Hall–Kier alpha value is -1.35. The number of hydrogen-bond donors (Lipinski definition) is 2. The van der Waals surface area contributed by atoms with Gasteiger partial charge >= 0.3 is 0 Å². The van der Waals surface area contributed by atoms with E-state index >= 15 is 0 Å². The van der Waals surface area contributed by atoms with Crippen molar-refractivity contribution in [3.63, 3.8) is 0 Å². The molecule has 160 valence electrons. The highest BCUT2D eigenvalue weighted by atomic mass is 127. The number of benzene rings is 1. The van der Waals surface area contributed by atoms with Gasteiger partial charge < -0.3 is 20.3 Å². The molecular weight excluding hydrogens is 467 g/mol. The van der Waals surface area contributed by atoms with Gasteiger partial charge in [0.25, 0.3) is 0 Å². The van der Waals surface area contributed by atoms with Crippen LogP contribution in [0.1, 0.15) is 39.7 Å². The molecule has 28 heavy (non-hydrogen) atoms. The van der Waals surface area contributed by atoms with Crippen LogP contribution in [0.3, 0.4) is 0 Å². The van der Waals surface area contributed by atoms with E-state index in [1.165, 1.54) is 5.56 Å². The van der Waals surface area contributed by atoms with Crippen molar-refractivity contribution >= 4 is 35.8 Å². The van der Waals surface area contributed by atoms with Crippen LogP contribution in [0, 0.1) is 5.92 Å². The molecule has 6 nitrogen and oxygen atoms in total. The van der Waals surface area contributed by atoms with Crippen molar-refractivity contribution in [2.45, 2.75) is 40.7 Å². The molecule has 1 unspecified atom stereocenters. The average Bonchev–Trinajstić information content (AvgIpc) is 2.68. The molecule has 0 radical (unpaired) electrons. The normalized spacial score (nSPS) is 12.1. The van der Waals surface area contributed by atoms with E-state index in [0.29, 0.717) is 38.6 Å². The Morgan fingerprint density at radius 3 is 2.43 bits per heavy atom. The molecule has 2 N–H and O–H groups in total. The topological polar surface area (TPSA) is 66.0 Å². The molecule has 0 aliphatic rings. The van der Waals surface area contributed by atoms with E-state index in [1.807, 2.05) is 43.9 Å². The Morgan fingerprint density at radius 2 is 1.82 bits per heavy atom. The van der Waals surface area contributed by atoms with Crippen molar-refractivity contribution in [2.24, 2.45) is 10.9 Å². The first-order valence-corrected chi connectivity index (χ1v) is 10.0. The third-order valence-electron chi connectivity index (χ3n) is 4.17. The number of guanidine groups is 1. The Balaban J connectivity index is 0.00000729. The fraction of sp³-hybridized carbons (Fsp3) is 0.619. The maximum absolute atomic E-state index is 12.1. The Labute approximate surface area is 187 Å². The Bertz CT molecular complexity index is 551. The van der Waals surface area contributed by atoms with Gasteiger partial charge in [0, 0.05) is 39.1 Å². The van der Waals surface area contributed by atoms with Gasteiger partial charge in [-0.05, 0) is 32.3 Å². The molecular formula is C21H37IN4O2. The molecule has 0 fully saturated rings. The second-order valence-electron chi connectivity index (χ2n) is 6.57. The zero-order valence-corrected chi connectivity index (χ0v) is 20.1. The van der Waals surface area contributed by atoms with Gasteiger partial charge in [-0.1, -0.05) is 37.3 Å². The molecule has 0 aromatic heterocycles. The van der Waals surface area contributed by atoms with Gasteiger partial charge in [-0.15, -0.1) is 24.0 Å². The van der Waals surface area contributed by atoms with Crippen LogP contribution in [0.15, 0.2) is 35.3 Å². The molecule has 0 saturated carbocycles. The quantitative estimate of drug-likeness (QED) is 0.261. The van der Waals surface area contributed by atoms with E-state index in [1.54, 1.807) is 0 Å². The molecule has 1 atom stereocenters. The number of hydrogen-bond acceptors (Lipinski definition) is 3. The minimum atomic E-state index is 0. The molecule has 0 spiro atoms. The zero-order valence-electron chi connectivity index (χ0n) is 17.7. The molecule has 0 heterocycles. The number of rotatable bonds is 12. The fourth-order valence-electron chi connectivity index (χ4n) is 2.62. The second kappa shape index (κ2) is 16.6. The number of nitrogens with one attached hydrogen (secondary N) is 2. The number of ether oxygens (including phenoxy) is 1. The molecule has 0 aliphatic carbocycles. The summed E-state index contributed by atoms with van der Waals surface area (Å²) in [5.74, 6) is 1.24. The van der Waals surface area contributed by atoms with Gasteiger partial charge in [-0.2, -0.15) is 0 Å². The average molecular weight is 504 g/mol. The van der Waals surface area contributed by atoms with Crippen LogP contribution in [-0.4, -0.2) is 56.1 Å². The second-order valence-corrected chi connectivity index (χ2v) is 6.57. The number of aliphatic imine (C=N–C) groups is 1. The number of carbonyl (C=O) groups excluding carboxylic acids is 1. The molecule has 1 aromatic rings. The number of amides is 1. The summed E-state index contributed by atoms with van der Waals surface area (Å²) in [6.45, 7) is 13.0. The number of nitrogens with zero attached hydrogens (tertiary/aromatic N) is 2. The fourth-order valence-corrected chi connectivity index (χ4v) is 2.62. The summed E-state index contributed by atoms with van der Waals surface area (Å²) in [6, 6.07) is 10.2. The van der Waals surface area contributed by atoms with E-state index in [4.69, 9.17) is 4.74 Å². The van der Waals surface area contributed by atoms with Crippen LogP contribution in [0.4, 0.5) is 0 Å². The van der Waals surface area contributed by atoms with Crippen LogP contribution >= 0.6 is 24.0 Å². The lowest BCUT2D eigenvalue weighted by molar-refractivity contribution is -0.130. The number of halogens is 1. The molecule has 0 saturated heterocycles. The third kappa shape index (κ3) is 11.5. The molecule has 1 rings (SSSR count). The maximum Gasteiger partial charge on any atom is 0.224 e. The van der Waals surface area contributed by atoms with E-state index in [2.05, 4.69) is 34.7 Å². The summed E-state index contributed by atoms with van der Waals surface area (Å²) in [6.07, 6.45) is 0.474. The standard InChI is InChI=1S/C21H36N4O2.HI/c1-5-22-21(23-14-13-20(26)25(6-2)7-3)24-15-18(4)16-27-17-19-11-9-8-10-12-19;/h8-12,18H,5-7,13-17H2,1-4H3,(H2,22,23,24);1H. The van der Waals surface area contributed by atoms with Crippen LogP contribution in [0.2, 0.25) is 0 Å². The Kier molecular flexibility index (Phi) is 15.8. The lowest BCUT2D eigenvalue weighted by Crippen LogP contribution is -2.40. The third-order valence-corrected chi connectivity index (χ3v) is 4.17. The molecule has 0 aliphatic heterocycles. The summed E-state index contributed by atoms with van der Waals surface area (Å²) in [5.41, 5.74) is 1.18. The van der Waals surface area contributed by atoms with Gasteiger partial charge in [0.2, 0.25) is 5.91 Å². The summed E-state index contributed by atoms with van der Waals surface area (Å²) in [4.78, 5) is 18.5. The van der Waals surface area contributed by atoms with E-state index in [-0.39, 0.29) is 29.9 Å². The van der Waals surface area contributed by atoms with Gasteiger partial charge in [0.15, 0.2) is 5.96 Å². The summed E-state index contributed by atoms with van der Waals surface area (Å²) >= 11 is 0. The monoisotopic (exact) mass is 504 g/mol. The van der Waals surface area contributed by atoms with Crippen LogP contribution in [0.5, 0.6) is 0 Å². The van der Waals surface area contributed by atoms with Crippen LogP contribution < -0.4 is 10.6 Å². The summed E-state index contributed by atoms with van der Waals surface area (Å²) in [5, 5.41) is 6.47. The van der Waals surface area contributed by atoms with Crippen LogP contribution in [0.25, 0.3) is 0 Å². The van der Waals surface area contributed by atoms with Crippen molar-refractivity contribution in [3.05, 3.63) is 35.9 Å². The van der Waals surface area contributed by atoms with Gasteiger partial charge in [0.1, 0.15) is 0 Å². The lowest BCUT2D eigenvalue weighted by Gasteiger charge is -2.19. The van der Waals surface area contributed by atoms with Crippen LogP contribution in [-0.2, 0) is 16.1 Å². The van der Waals surface area contributed by atoms with Gasteiger partial charge in [-0.3, -0.25) is 9.79 Å². The van der Waals surface area contributed by atoms with E-state index in [9.17, 15) is 4.79 Å². The molecule has 1 aromatic carbocycles. The van der Waals surface area contributed by atoms with Gasteiger partial charge in [-0.25, -0.2) is 0 Å². The largest absolute Gasteiger partial charge is 0.376 e. The molecule has 1 amide bonds. The SMILES string of the molecule is CCNC(=NCC(C)COCc1ccccc1)NCCC(=O)N(CC)CC.I. The minimum absolute atomic E-state index is 0. The number of carbonyl (C=O) groups is 1. The molecule has 7 heteroatoms. The summed E-state index contributed by atoms with van der Waals surface area (Å²) < 4.78 is 5.78. The summed E-state index contributed by atoms with van der Waals surface area (Å²) in [7, 11) is 0. The van der Waals surface area contributed by atoms with Gasteiger partial charge in [0.05, 0.1) is 13.2 Å². The first-order valence-electron chi connectivity index (χ1n) is 10.0. The maximum atomic E-state index is 12.1. The van der Waals surface area contributed by atoms with Crippen molar-refractivity contribution in [1.29, 1.82) is 0 Å². The van der Waals surface area contributed by atoms with Crippen molar-refractivity contribution in [3.8, 4) is 0 Å². The Morgan fingerprint density at radius 1 is 1.14 bits per heavy atom. The highest BCUT2D eigenvalue weighted by Gasteiger charge is 2.09. The molecule has 0 bridgehead atoms. The smallest absolute Gasteiger partial charge is 0.224 e. The van der Waals surface area contributed by atoms with Crippen molar-refractivity contribution < 1.29 is 9.53 Å². The zero-order chi connectivity index (χ0) is 19.9. The first kappa shape index (κ1) is 26.6. The van der Waals surface area contributed by atoms with E-state index in [0.717, 1.165) is 25.6 Å². The predicted molar refractivity (Wildman–Crippen MR) is 127 cm³/mol. The van der Waals surface area contributed by atoms with Crippen molar-refractivity contribution in [1.82, 2.24) is 15.5 Å². The lowest BCUT2D eigenvalue weighted by atomic mass is 10.2. The van der Waals surface area contributed by atoms with Crippen molar-refractivity contribution in [2.75, 3.05) is 39.3 Å². The predicted octanol–water partition coefficient (Wildman–Crippen LogP) is 3.27. The highest BCUT2D eigenvalue weighted by Crippen LogP contribution is 2.03. The first-order chi connectivity index (χ1) is 13.1. The minimum Gasteiger partial charge on any atom is -0.376 e.